The summed E-state index contributed by atoms with van der Waals surface area (Å²) < 4.78 is 20.8. The van der Waals surface area contributed by atoms with Crippen molar-refractivity contribution >= 4 is 5.91 Å². The smallest absolute Gasteiger partial charge is 0.251 e. The van der Waals surface area contributed by atoms with Crippen molar-refractivity contribution in [3.63, 3.8) is 0 Å². The summed E-state index contributed by atoms with van der Waals surface area (Å²) in [6.45, 7) is 5.45. The number of nitrogens with one attached hydrogen (secondary N) is 1. The summed E-state index contributed by atoms with van der Waals surface area (Å²) in [4.78, 5) is 21.7. The van der Waals surface area contributed by atoms with E-state index in [4.69, 9.17) is 4.74 Å². The Labute approximate surface area is 218 Å². The topological polar surface area (TPSA) is 57.7 Å². The van der Waals surface area contributed by atoms with Crippen LogP contribution in [0.1, 0.15) is 47.2 Å². The molecule has 0 saturated carbocycles. The molecule has 2 aromatic carbocycles. The molecule has 6 nitrogen and oxygen atoms in total. The summed E-state index contributed by atoms with van der Waals surface area (Å²) in [5, 5.41) is 3.09. The molecule has 5 rings (SSSR count). The normalized spacial score (nSPS) is 18.0. The molecule has 0 radical (unpaired) electrons. The van der Waals surface area contributed by atoms with Gasteiger partial charge in [0, 0.05) is 63.3 Å². The van der Waals surface area contributed by atoms with Gasteiger partial charge in [-0.25, -0.2) is 4.39 Å². The number of rotatable bonds is 8. The fourth-order valence-electron chi connectivity index (χ4n) is 5.20. The minimum Gasteiger partial charge on any atom is -0.487 e. The number of ether oxygens (including phenoxy) is 1. The van der Waals surface area contributed by atoms with Crippen LogP contribution in [0.4, 0.5) is 4.39 Å². The maximum absolute atomic E-state index is 14.8. The highest BCUT2D eigenvalue weighted by atomic mass is 19.1. The zero-order chi connectivity index (χ0) is 25.5. The molecule has 3 aromatic rings. The molecule has 3 heterocycles. The molecule has 1 aromatic heterocycles. The lowest BCUT2D eigenvalue weighted by molar-refractivity contribution is 0.0904. The van der Waals surface area contributed by atoms with E-state index in [-0.39, 0.29) is 23.8 Å². The molecule has 0 atom stereocenters. The number of carbonyl (C=O) groups excluding carboxylic acids is 1. The van der Waals surface area contributed by atoms with Crippen LogP contribution in [0.5, 0.6) is 5.75 Å². The van der Waals surface area contributed by atoms with Crippen molar-refractivity contribution < 1.29 is 13.9 Å². The average molecular weight is 503 g/mol. The van der Waals surface area contributed by atoms with Crippen LogP contribution in [0, 0.1) is 5.82 Å². The predicted molar refractivity (Wildman–Crippen MR) is 142 cm³/mol. The summed E-state index contributed by atoms with van der Waals surface area (Å²) >= 11 is 0. The van der Waals surface area contributed by atoms with Gasteiger partial charge in [0.05, 0.1) is 0 Å². The molecule has 37 heavy (non-hydrogen) atoms. The van der Waals surface area contributed by atoms with E-state index in [0.29, 0.717) is 5.56 Å². The first-order valence-corrected chi connectivity index (χ1v) is 13.3. The molecular formula is C30H35FN4O2. The number of nitrogens with zero attached hydrogens (tertiary/aromatic N) is 3. The molecule has 2 aliphatic heterocycles. The van der Waals surface area contributed by atoms with Crippen LogP contribution < -0.4 is 10.1 Å². The van der Waals surface area contributed by atoms with Crippen LogP contribution >= 0.6 is 0 Å². The Morgan fingerprint density at radius 3 is 2.24 bits per heavy atom. The van der Waals surface area contributed by atoms with Crippen molar-refractivity contribution in [1.82, 2.24) is 20.1 Å². The average Bonchev–Trinajstić information content (AvgIpc) is 2.93. The number of hydrogen-bond donors (Lipinski definition) is 1. The van der Waals surface area contributed by atoms with E-state index in [1.165, 1.54) is 17.2 Å². The molecule has 2 aliphatic rings. The Balaban J connectivity index is 1.06. The second-order valence-electron chi connectivity index (χ2n) is 10.1. The minimum atomic E-state index is -0.483. The molecule has 0 bridgehead atoms. The summed E-state index contributed by atoms with van der Waals surface area (Å²) in [5.41, 5.74) is 2.83. The number of pyridine rings is 1. The second kappa shape index (κ2) is 12.3. The SMILES string of the molecule is O=C(NC1CCN(Cc2ccccc2)CC1)c1ccc(OC2CCN(Cc3cccnc3)CC2)c(F)c1. The Morgan fingerprint density at radius 1 is 0.892 bits per heavy atom. The lowest BCUT2D eigenvalue weighted by atomic mass is 10.0. The largest absolute Gasteiger partial charge is 0.487 e. The van der Waals surface area contributed by atoms with Gasteiger partial charge in [-0.15, -0.1) is 0 Å². The highest BCUT2D eigenvalue weighted by Crippen LogP contribution is 2.24. The van der Waals surface area contributed by atoms with Crippen molar-refractivity contribution in [2.75, 3.05) is 26.2 Å². The number of halogens is 1. The minimum absolute atomic E-state index is 0.0274. The lowest BCUT2D eigenvalue weighted by Gasteiger charge is -2.32. The molecule has 1 amide bonds. The van der Waals surface area contributed by atoms with Gasteiger partial charge in [-0.1, -0.05) is 36.4 Å². The number of carbonyl (C=O) groups is 1. The zero-order valence-corrected chi connectivity index (χ0v) is 21.2. The van der Waals surface area contributed by atoms with Gasteiger partial charge in [0.15, 0.2) is 11.6 Å². The molecule has 0 aliphatic carbocycles. The summed E-state index contributed by atoms with van der Waals surface area (Å²) in [5.74, 6) is -0.490. The number of aromatic nitrogens is 1. The van der Waals surface area contributed by atoms with Gasteiger partial charge in [-0.2, -0.15) is 0 Å². The number of hydrogen-bond acceptors (Lipinski definition) is 5. The molecule has 2 fully saturated rings. The first kappa shape index (κ1) is 25.4. The van der Waals surface area contributed by atoms with E-state index in [0.717, 1.165) is 65.0 Å². The Bertz CT molecular complexity index is 1140. The standard InChI is InChI=1S/C30H35FN4O2/c31-28-19-25(30(36)33-26-10-15-34(16-11-26)21-23-5-2-1-3-6-23)8-9-29(28)37-27-12-17-35(18-13-27)22-24-7-4-14-32-20-24/h1-9,14,19-20,26-27H,10-13,15-18,21-22H2,(H,33,36). The first-order chi connectivity index (χ1) is 18.1. The van der Waals surface area contributed by atoms with E-state index < -0.39 is 5.82 Å². The van der Waals surface area contributed by atoms with Crippen LogP contribution in [0.15, 0.2) is 73.1 Å². The van der Waals surface area contributed by atoms with Crippen LogP contribution in [0.2, 0.25) is 0 Å². The van der Waals surface area contributed by atoms with Gasteiger partial charge in [-0.05, 0) is 61.1 Å². The van der Waals surface area contributed by atoms with Crippen LogP contribution in [-0.4, -0.2) is 59.0 Å². The molecule has 194 valence electrons. The summed E-state index contributed by atoms with van der Waals surface area (Å²) in [7, 11) is 0. The molecule has 1 N–H and O–H groups in total. The third-order valence-corrected chi connectivity index (χ3v) is 7.32. The monoisotopic (exact) mass is 502 g/mol. The third-order valence-electron chi connectivity index (χ3n) is 7.32. The third kappa shape index (κ3) is 7.14. The fraction of sp³-hybridized carbons (Fsp3) is 0.400. The number of benzene rings is 2. The van der Waals surface area contributed by atoms with Gasteiger partial charge in [0.1, 0.15) is 6.10 Å². The summed E-state index contributed by atoms with van der Waals surface area (Å²) in [6.07, 6.45) is 7.11. The quantitative estimate of drug-likeness (QED) is 0.486. The van der Waals surface area contributed by atoms with Gasteiger partial charge in [-0.3, -0.25) is 19.6 Å². The van der Waals surface area contributed by atoms with E-state index in [1.807, 2.05) is 18.3 Å². The van der Waals surface area contributed by atoms with Crippen LogP contribution in [0.25, 0.3) is 0 Å². The van der Waals surface area contributed by atoms with Crippen molar-refractivity contribution in [3.8, 4) is 5.75 Å². The number of likely N-dealkylation sites (tertiary alicyclic amines) is 2. The zero-order valence-electron chi connectivity index (χ0n) is 21.2. The maximum Gasteiger partial charge on any atom is 0.251 e. The van der Waals surface area contributed by atoms with Gasteiger partial charge < -0.3 is 10.1 Å². The second-order valence-corrected chi connectivity index (χ2v) is 10.1. The van der Waals surface area contributed by atoms with Crippen molar-refractivity contribution in [3.05, 3.63) is 95.6 Å². The van der Waals surface area contributed by atoms with E-state index in [1.54, 1.807) is 18.3 Å². The molecular weight excluding hydrogens is 467 g/mol. The van der Waals surface area contributed by atoms with Crippen molar-refractivity contribution in [1.29, 1.82) is 0 Å². The molecule has 7 heteroatoms. The Hall–Kier alpha value is -3.29. The molecule has 2 saturated heterocycles. The Kier molecular flexibility index (Phi) is 8.43. The Morgan fingerprint density at radius 2 is 1.57 bits per heavy atom. The van der Waals surface area contributed by atoms with Crippen LogP contribution in [-0.2, 0) is 13.1 Å². The van der Waals surface area contributed by atoms with E-state index >= 15 is 0 Å². The fourth-order valence-corrected chi connectivity index (χ4v) is 5.20. The lowest BCUT2D eigenvalue weighted by Crippen LogP contribution is -2.44. The van der Waals surface area contributed by atoms with Gasteiger partial charge >= 0.3 is 0 Å². The maximum atomic E-state index is 14.8. The highest BCUT2D eigenvalue weighted by molar-refractivity contribution is 5.94. The van der Waals surface area contributed by atoms with Crippen LogP contribution in [0.3, 0.4) is 0 Å². The number of amides is 1. The highest BCUT2D eigenvalue weighted by Gasteiger charge is 2.24. The number of piperidine rings is 2. The first-order valence-electron chi connectivity index (χ1n) is 13.3. The molecule has 0 unspecified atom stereocenters. The van der Waals surface area contributed by atoms with Gasteiger partial charge in [0.2, 0.25) is 0 Å². The van der Waals surface area contributed by atoms with Crippen molar-refractivity contribution in [2.24, 2.45) is 0 Å². The van der Waals surface area contributed by atoms with E-state index in [9.17, 15) is 9.18 Å². The predicted octanol–water partition coefficient (Wildman–Crippen LogP) is 4.66. The van der Waals surface area contributed by atoms with Gasteiger partial charge in [0.25, 0.3) is 5.91 Å². The van der Waals surface area contributed by atoms with Crippen molar-refractivity contribution in [2.45, 2.75) is 50.9 Å². The van der Waals surface area contributed by atoms with E-state index in [2.05, 4.69) is 50.4 Å². The summed E-state index contributed by atoms with van der Waals surface area (Å²) in [6, 6.07) is 19.1. The molecule has 0 spiro atoms.